The Labute approximate surface area is 124 Å². The molecule has 0 spiro atoms. The minimum absolute atomic E-state index is 0.192. The molecule has 0 amide bonds. The maximum Gasteiger partial charge on any atom is 0.147 e. The first-order valence-electron chi connectivity index (χ1n) is 6.55. The van der Waals surface area contributed by atoms with Crippen molar-refractivity contribution in [3.63, 3.8) is 0 Å². The molecule has 1 aromatic heterocycles. The first-order valence-corrected chi connectivity index (χ1v) is 7.31. The van der Waals surface area contributed by atoms with Crippen LogP contribution >= 0.6 is 23.2 Å². The Bertz CT molecular complexity index is 402. The van der Waals surface area contributed by atoms with E-state index in [-0.39, 0.29) is 12.6 Å². The summed E-state index contributed by atoms with van der Waals surface area (Å²) in [5.74, 6) is 1.26. The summed E-state index contributed by atoms with van der Waals surface area (Å²) in [6.45, 7) is 5.11. The van der Waals surface area contributed by atoms with Crippen molar-refractivity contribution in [3.05, 3.63) is 16.1 Å². The minimum Gasteiger partial charge on any atom is -0.396 e. The van der Waals surface area contributed by atoms with E-state index in [4.69, 9.17) is 28.3 Å². The second-order valence-electron chi connectivity index (χ2n) is 4.49. The van der Waals surface area contributed by atoms with Crippen molar-refractivity contribution in [1.82, 2.24) is 4.98 Å². The normalized spacial score (nSPS) is 12.3. The van der Waals surface area contributed by atoms with E-state index < -0.39 is 0 Å². The zero-order valence-corrected chi connectivity index (χ0v) is 12.9. The molecule has 0 saturated carbocycles. The molecule has 0 fully saturated rings. The van der Waals surface area contributed by atoms with E-state index in [1.165, 1.54) is 0 Å². The van der Waals surface area contributed by atoms with Gasteiger partial charge in [0.1, 0.15) is 11.6 Å². The molecule has 1 aromatic rings. The van der Waals surface area contributed by atoms with Crippen LogP contribution in [0, 0.1) is 0 Å². The number of halogens is 2. The van der Waals surface area contributed by atoms with Crippen LogP contribution < -0.4 is 10.6 Å². The van der Waals surface area contributed by atoms with Gasteiger partial charge in [0.25, 0.3) is 0 Å². The molecule has 1 atom stereocenters. The van der Waals surface area contributed by atoms with Gasteiger partial charge in [0, 0.05) is 19.2 Å². The molecular formula is C13H21Cl2N3O. The van der Waals surface area contributed by atoms with Crippen LogP contribution in [0.15, 0.2) is 6.07 Å². The summed E-state index contributed by atoms with van der Waals surface area (Å²) >= 11 is 12.2. The zero-order chi connectivity index (χ0) is 14.3. The molecule has 0 aliphatic carbocycles. The van der Waals surface area contributed by atoms with Gasteiger partial charge in [0.15, 0.2) is 0 Å². The van der Waals surface area contributed by atoms with Gasteiger partial charge in [0.05, 0.1) is 10.0 Å². The van der Waals surface area contributed by atoms with Crippen LogP contribution in [0.5, 0.6) is 0 Å². The van der Waals surface area contributed by atoms with E-state index >= 15 is 0 Å². The fraction of sp³-hybridized carbons (Fsp3) is 0.615. The summed E-state index contributed by atoms with van der Waals surface area (Å²) in [5, 5.41) is 16.2. The molecule has 6 heteroatoms. The maximum atomic E-state index is 8.82. The summed E-state index contributed by atoms with van der Waals surface area (Å²) in [7, 11) is 0. The van der Waals surface area contributed by atoms with Gasteiger partial charge in [-0.3, -0.25) is 0 Å². The Morgan fingerprint density at radius 1 is 1.32 bits per heavy atom. The van der Waals surface area contributed by atoms with Gasteiger partial charge in [-0.15, -0.1) is 0 Å². The molecule has 4 nitrogen and oxygen atoms in total. The van der Waals surface area contributed by atoms with E-state index in [1.54, 1.807) is 6.07 Å². The number of pyridine rings is 1. The summed E-state index contributed by atoms with van der Waals surface area (Å²) in [6, 6.07) is 1.88. The standard InChI is InChI=1S/C13H21Cl2N3O/c1-3-6-16-12-10(14)8-11(15)13(18-12)17-9(2)5-4-7-19/h8-9,19H,3-7H2,1-2H3,(H2,16,17,18). The van der Waals surface area contributed by atoms with E-state index in [2.05, 4.69) is 22.5 Å². The number of aromatic nitrogens is 1. The Morgan fingerprint density at radius 3 is 2.63 bits per heavy atom. The zero-order valence-electron chi connectivity index (χ0n) is 11.3. The molecule has 0 aliphatic heterocycles. The summed E-state index contributed by atoms with van der Waals surface area (Å²) in [5.41, 5.74) is 0. The summed E-state index contributed by atoms with van der Waals surface area (Å²) in [4.78, 5) is 4.41. The van der Waals surface area contributed by atoms with Crippen molar-refractivity contribution >= 4 is 34.8 Å². The molecule has 0 aromatic carbocycles. The van der Waals surface area contributed by atoms with Gasteiger partial charge in [-0.05, 0) is 32.3 Å². The van der Waals surface area contributed by atoms with Gasteiger partial charge in [-0.2, -0.15) is 0 Å². The number of anilines is 2. The van der Waals surface area contributed by atoms with Crippen LogP contribution in [0.4, 0.5) is 11.6 Å². The van der Waals surface area contributed by atoms with Crippen molar-refractivity contribution in [2.75, 3.05) is 23.8 Å². The molecule has 1 rings (SSSR count). The molecule has 0 bridgehead atoms. The minimum atomic E-state index is 0.192. The molecule has 1 unspecified atom stereocenters. The van der Waals surface area contributed by atoms with Gasteiger partial charge in [-0.1, -0.05) is 30.1 Å². The third kappa shape index (κ3) is 5.43. The van der Waals surface area contributed by atoms with E-state index in [9.17, 15) is 0 Å². The molecule has 0 aliphatic rings. The predicted octanol–water partition coefficient (Wildman–Crippen LogP) is 3.78. The SMILES string of the molecule is CCCNc1nc(NC(C)CCCO)c(Cl)cc1Cl. The fourth-order valence-corrected chi connectivity index (χ4v) is 2.12. The van der Waals surface area contributed by atoms with Crippen LogP contribution in [-0.2, 0) is 0 Å². The van der Waals surface area contributed by atoms with Crippen molar-refractivity contribution in [2.24, 2.45) is 0 Å². The van der Waals surface area contributed by atoms with Gasteiger partial charge < -0.3 is 15.7 Å². The van der Waals surface area contributed by atoms with Crippen molar-refractivity contribution in [2.45, 2.75) is 39.2 Å². The van der Waals surface area contributed by atoms with E-state index in [1.807, 2.05) is 6.92 Å². The third-order valence-corrected chi connectivity index (χ3v) is 3.23. The molecule has 3 N–H and O–H groups in total. The quantitative estimate of drug-likeness (QED) is 0.684. The molecule has 19 heavy (non-hydrogen) atoms. The Morgan fingerprint density at radius 2 is 2.00 bits per heavy atom. The van der Waals surface area contributed by atoms with Gasteiger partial charge >= 0.3 is 0 Å². The lowest BCUT2D eigenvalue weighted by Crippen LogP contribution is -2.17. The van der Waals surface area contributed by atoms with Crippen LogP contribution in [0.1, 0.15) is 33.1 Å². The lowest BCUT2D eigenvalue weighted by atomic mass is 10.2. The fourth-order valence-electron chi connectivity index (χ4n) is 1.64. The monoisotopic (exact) mass is 305 g/mol. The number of aliphatic hydroxyl groups excluding tert-OH is 1. The number of nitrogens with zero attached hydrogens (tertiary/aromatic N) is 1. The smallest absolute Gasteiger partial charge is 0.147 e. The van der Waals surface area contributed by atoms with E-state index in [0.717, 1.165) is 25.8 Å². The average molecular weight is 306 g/mol. The topological polar surface area (TPSA) is 57.2 Å². The third-order valence-electron chi connectivity index (χ3n) is 2.65. The highest BCUT2D eigenvalue weighted by Gasteiger charge is 2.11. The van der Waals surface area contributed by atoms with Crippen LogP contribution in [0.3, 0.4) is 0 Å². The second kappa shape index (κ2) is 8.46. The second-order valence-corrected chi connectivity index (χ2v) is 5.30. The van der Waals surface area contributed by atoms with Gasteiger partial charge in [-0.25, -0.2) is 4.98 Å². The highest BCUT2D eigenvalue weighted by atomic mass is 35.5. The summed E-state index contributed by atoms with van der Waals surface area (Å²) < 4.78 is 0. The lowest BCUT2D eigenvalue weighted by molar-refractivity contribution is 0.282. The first-order chi connectivity index (χ1) is 9.08. The van der Waals surface area contributed by atoms with Crippen molar-refractivity contribution in [3.8, 4) is 0 Å². The van der Waals surface area contributed by atoms with Crippen LogP contribution in [-0.4, -0.2) is 29.3 Å². The number of hydrogen-bond acceptors (Lipinski definition) is 4. The van der Waals surface area contributed by atoms with Crippen LogP contribution in [0.25, 0.3) is 0 Å². The first kappa shape index (κ1) is 16.3. The molecule has 1 heterocycles. The average Bonchev–Trinajstić information content (AvgIpc) is 2.38. The van der Waals surface area contributed by atoms with Crippen molar-refractivity contribution in [1.29, 1.82) is 0 Å². The summed E-state index contributed by atoms with van der Waals surface area (Å²) in [6.07, 6.45) is 2.60. The lowest BCUT2D eigenvalue weighted by Gasteiger charge is -2.17. The highest BCUT2D eigenvalue weighted by molar-refractivity contribution is 6.37. The Hall–Kier alpha value is -0.710. The number of aliphatic hydroxyl groups is 1. The Balaban J connectivity index is 2.76. The number of rotatable bonds is 8. The van der Waals surface area contributed by atoms with E-state index in [0.29, 0.717) is 21.7 Å². The molecule has 0 saturated heterocycles. The maximum absolute atomic E-state index is 8.82. The van der Waals surface area contributed by atoms with Crippen molar-refractivity contribution < 1.29 is 5.11 Å². The number of hydrogen-bond donors (Lipinski definition) is 3. The molecular weight excluding hydrogens is 285 g/mol. The highest BCUT2D eigenvalue weighted by Crippen LogP contribution is 2.29. The number of nitrogens with one attached hydrogen (secondary N) is 2. The molecule has 108 valence electrons. The van der Waals surface area contributed by atoms with Gasteiger partial charge in [0.2, 0.25) is 0 Å². The largest absolute Gasteiger partial charge is 0.396 e. The predicted molar refractivity (Wildman–Crippen MR) is 82.4 cm³/mol. The Kier molecular flexibility index (Phi) is 7.28. The van der Waals surface area contributed by atoms with Crippen LogP contribution in [0.2, 0.25) is 10.0 Å². The molecule has 0 radical (unpaired) electrons.